The number of rotatable bonds is 0. The number of imide groups is 1. The van der Waals surface area contributed by atoms with Gasteiger partial charge in [0, 0.05) is 12.8 Å². The minimum atomic E-state index is -0.735. The molecule has 17 heavy (non-hydrogen) atoms. The molecule has 1 atom stereocenters. The highest BCUT2D eigenvalue weighted by atomic mass is 16.7. The maximum atomic E-state index is 11.8. The minimum absolute atomic E-state index is 0.107. The van der Waals surface area contributed by atoms with Gasteiger partial charge in [0.05, 0.1) is 12.7 Å². The molecule has 6 heteroatoms. The van der Waals surface area contributed by atoms with Crippen molar-refractivity contribution >= 4 is 11.9 Å². The lowest BCUT2D eigenvalue weighted by Gasteiger charge is -2.39. The summed E-state index contributed by atoms with van der Waals surface area (Å²) in [5, 5.41) is 5.02. The largest absolute Gasteiger partial charge is 0.347 e. The second-order valence-corrected chi connectivity index (χ2v) is 5.14. The van der Waals surface area contributed by atoms with Crippen molar-refractivity contribution in [3.8, 4) is 0 Å². The Morgan fingerprint density at radius 2 is 1.94 bits per heavy atom. The van der Waals surface area contributed by atoms with Crippen LogP contribution in [0.4, 0.5) is 4.79 Å². The Morgan fingerprint density at radius 1 is 1.24 bits per heavy atom. The number of carbonyl (C=O) groups excluding carboxylic acids is 2. The summed E-state index contributed by atoms with van der Waals surface area (Å²) in [5.74, 6) is -0.749. The van der Waals surface area contributed by atoms with Crippen LogP contribution in [0.15, 0.2) is 0 Å². The predicted molar refractivity (Wildman–Crippen MR) is 57.1 cm³/mol. The van der Waals surface area contributed by atoms with Gasteiger partial charge in [-0.15, -0.1) is 0 Å². The Kier molecular flexibility index (Phi) is 2.21. The van der Waals surface area contributed by atoms with Crippen molar-refractivity contribution in [1.82, 2.24) is 10.6 Å². The first kappa shape index (κ1) is 11.0. The molecule has 3 fully saturated rings. The third-order valence-corrected chi connectivity index (χ3v) is 3.88. The van der Waals surface area contributed by atoms with Crippen molar-refractivity contribution in [1.29, 1.82) is 0 Å². The van der Waals surface area contributed by atoms with Crippen LogP contribution in [0, 0.1) is 0 Å². The summed E-state index contributed by atoms with van der Waals surface area (Å²) in [5.41, 5.74) is -0.735. The van der Waals surface area contributed by atoms with Gasteiger partial charge in [-0.1, -0.05) is 0 Å². The standard InChI is InChI=1S/C11H16N2O4/c1-7-6-16-11(17-7)4-2-10(3-5-11)8(14)12-9(15)13-10/h7H,2-6H2,1H3,(H2,12,13,14,15). The normalized spacial score (nSPS) is 45.4. The molecule has 2 N–H and O–H groups in total. The van der Waals surface area contributed by atoms with Crippen LogP contribution in [0.2, 0.25) is 0 Å². The van der Waals surface area contributed by atoms with Crippen LogP contribution in [0.1, 0.15) is 32.6 Å². The molecule has 0 aromatic rings. The first-order chi connectivity index (χ1) is 8.04. The van der Waals surface area contributed by atoms with E-state index in [1.54, 1.807) is 0 Å². The summed E-state index contributed by atoms with van der Waals surface area (Å²) >= 11 is 0. The fraction of sp³-hybridized carbons (Fsp3) is 0.818. The number of ether oxygens (including phenoxy) is 2. The molecule has 1 aliphatic carbocycles. The SMILES string of the molecule is CC1COC2(CCC3(CC2)NC(=O)NC3=O)O1. The van der Waals surface area contributed by atoms with E-state index in [0.717, 1.165) is 0 Å². The predicted octanol–water partition coefficient (Wildman–Crippen LogP) is 0.270. The van der Waals surface area contributed by atoms with Crippen LogP contribution in [0.25, 0.3) is 0 Å². The molecular formula is C11H16N2O4. The van der Waals surface area contributed by atoms with Gasteiger partial charge in [0.2, 0.25) is 0 Å². The molecule has 94 valence electrons. The van der Waals surface area contributed by atoms with Crippen LogP contribution in [0.5, 0.6) is 0 Å². The lowest BCUT2D eigenvalue weighted by molar-refractivity contribution is -0.193. The minimum Gasteiger partial charge on any atom is -0.347 e. The molecule has 3 rings (SSSR count). The van der Waals surface area contributed by atoms with Gasteiger partial charge in [-0.3, -0.25) is 10.1 Å². The van der Waals surface area contributed by atoms with E-state index in [1.807, 2.05) is 6.92 Å². The van der Waals surface area contributed by atoms with Crippen molar-refractivity contribution in [2.45, 2.75) is 50.0 Å². The lowest BCUT2D eigenvalue weighted by atomic mass is 9.79. The van der Waals surface area contributed by atoms with E-state index in [9.17, 15) is 9.59 Å². The summed E-state index contributed by atoms with van der Waals surface area (Å²) < 4.78 is 11.5. The molecular weight excluding hydrogens is 224 g/mol. The monoisotopic (exact) mass is 240 g/mol. The van der Waals surface area contributed by atoms with Crippen LogP contribution < -0.4 is 10.6 Å². The van der Waals surface area contributed by atoms with Crippen LogP contribution in [0.3, 0.4) is 0 Å². The van der Waals surface area contributed by atoms with Crippen molar-refractivity contribution in [2.75, 3.05) is 6.61 Å². The van der Waals surface area contributed by atoms with E-state index < -0.39 is 17.4 Å². The van der Waals surface area contributed by atoms with Crippen LogP contribution in [-0.4, -0.2) is 36.0 Å². The summed E-state index contributed by atoms with van der Waals surface area (Å²) in [6.07, 6.45) is 2.53. The van der Waals surface area contributed by atoms with Gasteiger partial charge in [-0.25, -0.2) is 4.79 Å². The molecule has 2 spiro atoms. The fourth-order valence-corrected chi connectivity index (χ4v) is 2.90. The number of hydrogen-bond acceptors (Lipinski definition) is 4. The first-order valence-corrected chi connectivity index (χ1v) is 5.99. The lowest BCUT2D eigenvalue weighted by Crippen LogP contribution is -2.53. The average Bonchev–Trinajstić information content (AvgIpc) is 2.76. The fourth-order valence-electron chi connectivity index (χ4n) is 2.90. The van der Waals surface area contributed by atoms with E-state index in [-0.39, 0.29) is 12.0 Å². The third-order valence-electron chi connectivity index (χ3n) is 3.88. The second kappa shape index (κ2) is 3.43. The Morgan fingerprint density at radius 3 is 2.41 bits per heavy atom. The quantitative estimate of drug-likeness (QED) is 0.596. The molecule has 3 aliphatic rings. The second-order valence-electron chi connectivity index (χ2n) is 5.14. The number of hydrogen-bond donors (Lipinski definition) is 2. The molecule has 3 amide bonds. The highest BCUT2D eigenvalue weighted by Crippen LogP contribution is 2.42. The Balaban J connectivity index is 1.72. The molecule has 6 nitrogen and oxygen atoms in total. The van der Waals surface area contributed by atoms with E-state index in [1.165, 1.54) is 0 Å². The van der Waals surface area contributed by atoms with Gasteiger partial charge in [-0.2, -0.15) is 0 Å². The zero-order valence-corrected chi connectivity index (χ0v) is 9.75. The molecule has 2 aliphatic heterocycles. The topological polar surface area (TPSA) is 76.7 Å². The average molecular weight is 240 g/mol. The van der Waals surface area contributed by atoms with Crippen LogP contribution >= 0.6 is 0 Å². The summed E-state index contributed by atoms with van der Waals surface area (Å²) in [6.45, 7) is 2.58. The summed E-state index contributed by atoms with van der Waals surface area (Å²) in [7, 11) is 0. The Labute approximate surface area is 99.0 Å². The maximum absolute atomic E-state index is 11.8. The van der Waals surface area contributed by atoms with E-state index in [4.69, 9.17) is 9.47 Å². The molecule has 0 aromatic carbocycles. The molecule has 0 bridgehead atoms. The number of carbonyl (C=O) groups is 2. The highest BCUT2D eigenvalue weighted by Gasteiger charge is 2.54. The van der Waals surface area contributed by atoms with Crippen molar-refractivity contribution in [2.24, 2.45) is 0 Å². The van der Waals surface area contributed by atoms with Crippen molar-refractivity contribution in [3.63, 3.8) is 0 Å². The zero-order valence-electron chi connectivity index (χ0n) is 9.75. The summed E-state index contributed by atoms with van der Waals surface area (Å²) in [4.78, 5) is 22.9. The number of urea groups is 1. The van der Waals surface area contributed by atoms with Gasteiger partial charge in [0.1, 0.15) is 5.54 Å². The van der Waals surface area contributed by atoms with Gasteiger partial charge in [-0.05, 0) is 19.8 Å². The van der Waals surface area contributed by atoms with E-state index >= 15 is 0 Å². The van der Waals surface area contributed by atoms with Gasteiger partial charge in [0.25, 0.3) is 5.91 Å². The summed E-state index contributed by atoms with van der Waals surface area (Å²) in [6, 6.07) is -0.396. The van der Waals surface area contributed by atoms with Crippen molar-refractivity contribution in [3.05, 3.63) is 0 Å². The van der Waals surface area contributed by atoms with Gasteiger partial charge >= 0.3 is 6.03 Å². The highest BCUT2D eigenvalue weighted by molar-refractivity contribution is 6.07. The molecule has 1 unspecified atom stereocenters. The molecule has 1 saturated carbocycles. The third kappa shape index (κ3) is 1.63. The van der Waals surface area contributed by atoms with E-state index in [2.05, 4.69) is 10.6 Å². The smallest absolute Gasteiger partial charge is 0.322 e. The maximum Gasteiger partial charge on any atom is 0.322 e. The first-order valence-electron chi connectivity index (χ1n) is 5.99. The van der Waals surface area contributed by atoms with Gasteiger partial charge < -0.3 is 14.8 Å². The zero-order chi connectivity index (χ0) is 12.1. The number of amides is 3. The molecule has 0 aromatic heterocycles. The van der Waals surface area contributed by atoms with Crippen LogP contribution in [-0.2, 0) is 14.3 Å². The Bertz CT molecular complexity index is 374. The number of nitrogens with one attached hydrogen (secondary N) is 2. The molecule has 0 radical (unpaired) electrons. The molecule has 2 heterocycles. The van der Waals surface area contributed by atoms with Crippen molar-refractivity contribution < 1.29 is 19.1 Å². The molecule has 2 saturated heterocycles. The van der Waals surface area contributed by atoms with E-state index in [0.29, 0.717) is 32.3 Å². The Hall–Kier alpha value is -1.14. The van der Waals surface area contributed by atoms with Gasteiger partial charge in [0.15, 0.2) is 5.79 Å².